The zero-order valence-corrected chi connectivity index (χ0v) is 32.8. The summed E-state index contributed by atoms with van der Waals surface area (Å²) < 4.78 is 11.9. The van der Waals surface area contributed by atoms with Crippen molar-refractivity contribution in [1.82, 2.24) is 9.55 Å². The van der Waals surface area contributed by atoms with Crippen molar-refractivity contribution in [3.63, 3.8) is 0 Å². The molecule has 5 nitrogen and oxygen atoms in total. The molecule has 0 unspecified atom stereocenters. The van der Waals surface area contributed by atoms with Crippen LogP contribution < -0.4 is 14.5 Å². The Morgan fingerprint density at radius 2 is 1.36 bits per heavy atom. The minimum Gasteiger partial charge on any atom is -0.457 e. The number of aromatic nitrogens is 2. The molecule has 0 aliphatic carbocycles. The molecule has 0 saturated heterocycles. The Labute approximate surface area is 325 Å². The fraction of sp³-hybridized carbons (Fsp3) is 0.163. The fourth-order valence-electron chi connectivity index (χ4n) is 8.70. The monoisotopic (exact) mass is 734 g/mol. The first kappa shape index (κ1) is 33.5. The Hall–Kier alpha value is -6.11. The van der Waals surface area contributed by atoms with E-state index in [1.165, 1.54) is 64.9 Å². The predicted octanol–water partition coefficient (Wildman–Crippen LogP) is 13.8. The highest BCUT2D eigenvalue weighted by molar-refractivity contribution is 7.26. The van der Waals surface area contributed by atoms with Gasteiger partial charge in [-0.15, -0.1) is 11.3 Å². The maximum atomic E-state index is 7.11. The number of thiophene rings is 1. The van der Waals surface area contributed by atoms with E-state index in [0.717, 1.165) is 39.4 Å². The van der Waals surface area contributed by atoms with Gasteiger partial charge in [-0.25, -0.2) is 4.98 Å². The van der Waals surface area contributed by atoms with Crippen LogP contribution >= 0.6 is 11.3 Å². The van der Waals surface area contributed by atoms with Crippen LogP contribution in [0.25, 0.3) is 47.8 Å². The average molecular weight is 735 g/mol. The fourth-order valence-corrected chi connectivity index (χ4v) is 9.97. The molecule has 0 saturated carbocycles. The molecule has 6 aromatic carbocycles. The third-order valence-electron chi connectivity index (χ3n) is 11.1. The molecule has 10 rings (SSSR count). The number of hydrogen-bond donors (Lipinski definition) is 0. The summed E-state index contributed by atoms with van der Waals surface area (Å²) in [5.41, 5.74) is 12.0. The van der Waals surface area contributed by atoms with Crippen molar-refractivity contribution < 1.29 is 4.74 Å². The third-order valence-corrected chi connectivity index (χ3v) is 12.3. The lowest BCUT2D eigenvalue weighted by Crippen LogP contribution is -2.25. The van der Waals surface area contributed by atoms with Crippen molar-refractivity contribution in [3.8, 4) is 17.3 Å². The van der Waals surface area contributed by atoms with Crippen LogP contribution in [-0.2, 0) is 5.41 Å². The molecule has 0 N–H and O–H groups in total. The summed E-state index contributed by atoms with van der Waals surface area (Å²) in [6.45, 7) is 14.1. The third kappa shape index (κ3) is 5.38. The van der Waals surface area contributed by atoms with E-state index in [4.69, 9.17) is 9.72 Å². The molecule has 0 radical (unpaired) electrons. The zero-order valence-electron chi connectivity index (χ0n) is 32.0. The van der Waals surface area contributed by atoms with E-state index in [9.17, 15) is 0 Å². The molecule has 0 atom stereocenters. The van der Waals surface area contributed by atoms with E-state index in [1.54, 1.807) is 0 Å². The number of nitrogens with zero attached hydrogens (tertiary/aromatic N) is 4. The number of pyridine rings is 1. The largest absolute Gasteiger partial charge is 0.457 e. The number of ether oxygens (including phenoxy) is 1. The quantitative estimate of drug-likeness (QED) is 0.176. The Balaban J connectivity index is 1.14. The van der Waals surface area contributed by atoms with E-state index in [0.29, 0.717) is 6.67 Å². The van der Waals surface area contributed by atoms with Crippen molar-refractivity contribution in [2.24, 2.45) is 0 Å². The SMILES string of the molecule is Cc1cc(C)c(N2CN(c3cccc(Oc4cc5c(c6ccccc6n5-c5cc(C(C)(C)C)ccn5)c5sc6ccccc6c45)c3)c3ccccc32)c(C)c1. The first-order chi connectivity index (χ1) is 26.6. The van der Waals surface area contributed by atoms with Crippen LogP contribution in [0.1, 0.15) is 43.0 Å². The van der Waals surface area contributed by atoms with Gasteiger partial charge >= 0.3 is 0 Å². The molecule has 1 aliphatic heterocycles. The average Bonchev–Trinajstić information content (AvgIpc) is 3.85. The molecular formula is C49H42N4OS. The van der Waals surface area contributed by atoms with Crippen LogP contribution in [-0.4, -0.2) is 16.2 Å². The second-order valence-electron chi connectivity index (χ2n) is 15.9. The minimum atomic E-state index is -0.0147. The van der Waals surface area contributed by atoms with Crippen molar-refractivity contribution in [2.45, 2.75) is 47.0 Å². The van der Waals surface area contributed by atoms with Gasteiger partial charge in [0.2, 0.25) is 0 Å². The number of para-hydroxylation sites is 3. The van der Waals surface area contributed by atoms with Crippen LogP contribution in [0.3, 0.4) is 0 Å². The lowest BCUT2D eigenvalue weighted by Gasteiger charge is -2.25. The molecule has 0 fully saturated rings. The van der Waals surface area contributed by atoms with E-state index in [2.05, 4.69) is 183 Å². The van der Waals surface area contributed by atoms with Crippen molar-refractivity contribution in [2.75, 3.05) is 16.5 Å². The molecule has 6 heteroatoms. The Bertz CT molecular complexity index is 2960. The molecule has 1 aliphatic rings. The number of aryl methyl sites for hydroxylation is 3. The Kier molecular flexibility index (Phi) is 7.59. The van der Waals surface area contributed by atoms with Gasteiger partial charge in [-0.05, 0) is 91.4 Å². The van der Waals surface area contributed by atoms with Crippen LogP contribution in [0.5, 0.6) is 11.5 Å². The molecule has 9 aromatic rings. The normalized spacial score (nSPS) is 13.1. The van der Waals surface area contributed by atoms with Crippen molar-refractivity contribution >= 4 is 76.1 Å². The smallest absolute Gasteiger partial charge is 0.138 e. The first-order valence-electron chi connectivity index (χ1n) is 19.0. The summed E-state index contributed by atoms with van der Waals surface area (Å²) in [5, 5.41) is 4.78. The number of hydrogen-bond acceptors (Lipinski definition) is 5. The van der Waals surface area contributed by atoms with Crippen molar-refractivity contribution in [3.05, 3.63) is 156 Å². The van der Waals surface area contributed by atoms with Gasteiger partial charge in [-0.1, -0.05) is 93.1 Å². The van der Waals surface area contributed by atoms with Gasteiger partial charge in [0.25, 0.3) is 0 Å². The molecule has 270 valence electrons. The second-order valence-corrected chi connectivity index (χ2v) is 17.0. The van der Waals surface area contributed by atoms with Gasteiger partial charge in [0.05, 0.1) is 22.4 Å². The zero-order chi connectivity index (χ0) is 37.6. The maximum Gasteiger partial charge on any atom is 0.138 e. The molecule has 0 amide bonds. The van der Waals surface area contributed by atoms with E-state index in [1.807, 2.05) is 17.5 Å². The van der Waals surface area contributed by atoms with E-state index < -0.39 is 0 Å². The van der Waals surface area contributed by atoms with Crippen molar-refractivity contribution in [1.29, 1.82) is 0 Å². The molecule has 3 aromatic heterocycles. The predicted molar refractivity (Wildman–Crippen MR) is 233 cm³/mol. The van der Waals surface area contributed by atoms with Crippen LogP contribution in [0.4, 0.5) is 22.7 Å². The highest BCUT2D eigenvalue weighted by atomic mass is 32.1. The van der Waals surface area contributed by atoms with Gasteiger partial charge < -0.3 is 14.5 Å². The standard InChI is InChI=1S/C49H42N4OS/c1-30-24-31(2)47(32(3)25-30)52-29-51(39-19-10-11-20-40(39)52)34-14-13-15-35(27-34)54-42-28-41-45(48-46(42)37-17-8-12-21-43(37)55-48)36-16-7-9-18-38(36)53(41)44-26-33(22-23-50-44)49(4,5)6/h7-28H,29H2,1-6H3. The number of anilines is 4. The van der Waals surface area contributed by atoms with E-state index in [-0.39, 0.29) is 5.41 Å². The topological polar surface area (TPSA) is 33.5 Å². The highest BCUT2D eigenvalue weighted by Gasteiger charge is 2.30. The Morgan fingerprint density at radius 1 is 0.655 bits per heavy atom. The molecule has 55 heavy (non-hydrogen) atoms. The summed E-state index contributed by atoms with van der Waals surface area (Å²) in [5.74, 6) is 2.54. The molecule has 4 heterocycles. The summed E-state index contributed by atoms with van der Waals surface area (Å²) in [6.07, 6.45) is 1.94. The van der Waals surface area contributed by atoms with E-state index >= 15 is 0 Å². The van der Waals surface area contributed by atoms with Crippen LogP contribution in [0, 0.1) is 20.8 Å². The van der Waals surface area contributed by atoms with Gasteiger partial charge in [-0.2, -0.15) is 0 Å². The second kappa shape index (κ2) is 12.5. The summed E-state index contributed by atoms with van der Waals surface area (Å²) in [6, 6.07) is 45.8. The molecule has 0 spiro atoms. The lowest BCUT2D eigenvalue weighted by molar-refractivity contribution is 0.489. The molecule has 0 bridgehead atoms. The lowest BCUT2D eigenvalue weighted by atomic mass is 9.88. The molecular weight excluding hydrogens is 693 g/mol. The van der Waals surface area contributed by atoms with Gasteiger partial charge in [0.1, 0.15) is 24.0 Å². The highest BCUT2D eigenvalue weighted by Crippen LogP contribution is 2.50. The van der Waals surface area contributed by atoms with Gasteiger partial charge in [0.15, 0.2) is 0 Å². The van der Waals surface area contributed by atoms with Gasteiger partial charge in [-0.3, -0.25) is 4.57 Å². The number of rotatable bonds is 5. The summed E-state index contributed by atoms with van der Waals surface area (Å²) >= 11 is 1.84. The van der Waals surface area contributed by atoms with Crippen LogP contribution in [0.15, 0.2) is 134 Å². The Morgan fingerprint density at radius 3 is 2.15 bits per heavy atom. The summed E-state index contributed by atoms with van der Waals surface area (Å²) in [7, 11) is 0. The van der Waals surface area contributed by atoms with Crippen LogP contribution in [0.2, 0.25) is 0 Å². The number of fused-ring (bicyclic) bond motifs is 8. The summed E-state index contributed by atoms with van der Waals surface area (Å²) in [4.78, 5) is 9.81. The van der Waals surface area contributed by atoms with Gasteiger partial charge in [0, 0.05) is 60.6 Å². The minimum absolute atomic E-state index is 0.0147. The first-order valence-corrected chi connectivity index (χ1v) is 19.8. The number of benzene rings is 6. The maximum absolute atomic E-state index is 7.11.